The first-order valence-electron chi connectivity index (χ1n) is 6.05. The molecule has 3 nitrogen and oxygen atoms in total. The number of hydrogen-bond acceptors (Lipinski definition) is 2. The molecule has 0 bridgehead atoms. The van der Waals surface area contributed by atoms with Crippen molar-refractivity contribution in [3.05, 3.63) is 35.5 Å². The number of nitrogen functional groups attached to an aromatic ring is 1. The Morgan fingerprint density at radius 1 is 1.29 bits per heavy atom. The highest BCUT2D eigenvalue weighted by atomic mass is 15.1. The van der Waals surface area contributed by atoms with Crippen LogP contribution in [0.5, 0.6) is 0 Å². The lowest BCUT2D eigenvalue weighted by atomic mass is 9.93. The van der Waals surface area contributed by atoms with Crippen molar-refractivity contribution in [2.45, 2.75) is 33.1 Å². The second-order valence-corrected chi connectivity index (χ2v) is 4.62. The third kappa shape index (κ3) is 2.18. The van der Waals surface area contributed by atoms with Crippen molar-refractivity contribution in [2.24, 2.45) is 0 Å². The van der Waals surface area contributed by atoms with Gasteiger partial charge in [0, 0.05) is 5.56 Å². The number of H-pyrrole nitrogens is 1. The summed E-state index contributed by atoms with van der Waals surface area (Å²) in [7, 11) is 0. The molecule has 0 aliphatic heterocycles. The van der Waals surface area contributed by atoms with Gasteiger partial charge in [-0.1, -0.05) is 39.0 Å². The van der Waals surface area contributed by atoms with E-state index in [2.05, 4.69) is 49.2 Å². The number of nitrogens with one attached hydrogen (secondary N) is 1. The average molecular weight is 229 g/mol. The first kappa shape index (κ1) is 11.7. The number of rotatable bonds is 3. The molecule has 90 valence electrons. The monoisotopic (exact) mass is 229 g/mol. The number of nitrogens with two attached hydrogens (primary N) is 1. The van der Waals surface area contributed by atoms with Gasteiger partial charge in [-0.3, -0.25) is 5.10 Å². The molecule has 0 atom stereocenters. The van der Waals surface area contributed by atoms with Crippen LogP contribution in [-0.2, 0) is 6.42 Å². The minimum atomic E-state index is 0.521. The van der Waals surface area contributed by atoms with Gasteiger partial charge in [-0.05, 0) is 29.0 Å². The predicted molar refractivity (Wildman–Crippen MR) is 71.9 cm³/mol. The molecule has 2 aromatic rings. The quantitative estimate of drug-likeness (QED) is 0.848. The van der Waals surface area contributed by atoms with E-state index in [1.165, 1.54) is 16.7 Å². The van der Waals surface area contributed by atoms with Crippen molar-refractivity contribution >= 4 is 5.82 Å². The number of anilines is 1. The van der Waals surface area contributed by atoms with Crippen LogP contribution < -0.4 is 5.73 Å². The third-order valence-corrected chi connectivity index (χ3v) is 3.14. The van der Waals surface area contributed by atoms with Gasteiger partial charge in [0.1, 0.15) is 5.82 Å². The summed E-state index contributed by atoms with van der Waals surface area (Å²) in [5, 5.41) is 6.79. The van der Waals surface area contributed by atoms with Crippen LogP contribution >= 0.6 is 0 Å². The van der Waals surface area contributed by atoms with Gasteiger partial charge in [-0.25, -0.2) is 0 Å². The van der Waals surface area contributed by atoms with Crippen molar-refractivity contribution in [1.82, 2.24) is 10.2 Å². The Labute approximate surface area is 102 Å². The molecular formula is C14H19N3. The van der Waals surface area contributed by atoms with E-state index in [1.807, 2.05) is 0 Å². The van der Waals surface area contributed by atoms with Crippen LogP contribution in [0.4, 0.5) is 5.82 Å². The lowest BCUT2D eigenvalue weighted by Crippen LogP contribution is -1.95. The normalized spacial score (nSPS) is 11.1. The van der Waals surface area contributed by atoms with E-state index in [-0.39, 0.29) is 0 Å². The van der Waals surface area contributed by atoms with E-state index in [4.69, 9.17) is 5.73 Å². The summed E-state index contributed by atoms with van der Waals surface area (Å²) in [4.78, 5) is 0. The molecule has 3 heteroatoms. The largest absolute Gasteiger partial charge is 0.384 e. The van der Waals surface area contributed by atoms with E-state index in [0.717, 1.165) is 12.0 Å². The molecule has 0 saturated heterocycles. The first-order chi connectivity index (χ1) is 8.13. The van der Waals surface area contributed by atoms with Gasteiger partial charge in [0.15, 0.2) is 0 Å². The van der Waals surface area contributed by atoms with Crippen LogP contribution in [0.3, 0.4) is 0 Å². The van der Waals surface area contributed by atoms with Gasteiger partial charge in [-0.15, -0.1) is 0 Å². The zero-order valence-corrected chi connectivity index (χ0v) is 10.6. The molecule has 0 radical (unpaired) electrons. The van der Waals surface area contributed by atoms with Crippen LogP contribution in [0.2, 0.25) is 0 Å². The zero-order chi connectivity index (χ0) is 12.4. The van der Waals surface area contributed by atoms with Gasteiger partial charge < -0.3 is 5.73 Å². The van der Waals surface area contributed by atoms with E-state index >= 15 is 0 Å². The van der Waals surface area contributed by atoms with Crippen LogP contribution in [0.15, 0.2) is 24.4 Å². The Morgan fingerprint density at radius 2 is 2.06 bits per heavy atom. The smallest absolute Gasteiger partial charge is 0.126 e. The summed E-state index contributed by atoms with van der Waals surface area (Å²) in [6.45, 7) is 6.55. The predicted octanol–water partition coefficient (Wildman–Crippen LogP) is 3.34. The summed E-state index contributed by atoms with van der Waals surface area (Å²) in [6.07, 6.45) is 2.80. The Balaban J connectivity index is 2.57. The number of aromatic nitrogens is 2. The summed E-state index contributed by atoms with van der Waals surface area (Å²) in [6, 6.07) is 6.62. The number of nitrogens with zero attached hydrogens (tertiary/aromatic N) is 1. The van der Waals surface area contributed by atoms with Gasteiger partial charge in [0.25, 0.3) is 0 Å². The molecular weight excluding hydrogens is 210 g/mol. The molecule has 2 rings (SSSR count). The van der Waals surface area contributed by atoms with E-state index in [0.29, 0.717) is 11.7 Å². The van der Waals surface area contributed by atoms with Gasteiger partial charge in [-0.2, -0.15) is 5.10 Å². The highest BCUT2D eigenvalue weighted by Gasteiger charge is 2.11. The SMILES string of the molecule is CCc1ccc(C(C)C)cc1-c1cn[nH]c1N. The summed E-state index contributed by atoms with van der Waals surface area (Å²) >= 11 is 0. The minimum absolute atomic E-state index is 0.521. The molecule has 17 heavy (non-hydrogen) atoms. The fourth-order valence-electron chi connectivity index (χ4n) is 2.02. The Bertz CT molecular complexity index is 512. The fourth-order valence-corrected chi connectivity index (χ4v) is 2.02. The fraction of sp³-hybridized carbons (Fsp3) is 0.357. The summed E-state index contributed by atoms with van der Waals surface area (Å²) < 4.78 is 0. The molecule has 1 aromatic heterocycles. The molecule has 0 fully saturated rings. The maximum Gasteiger partial charge on any atom is 0.126 e. The molecule has 0 spiro atoms. The second-order valence-electron chi connectivity index (χ2n) is 4.62. The van der Waals surface area contributed by atoms with E-state index in [1.54, 1.807) is 6.20 Å². The molecule has 0 aliphatic carbocycles. The standard InChI is InChI=1S/C14H19N3/c1-4-10-5-6-11(9(2)3)7-12(10)13-8-16-17-14(13)15/h5-9H,4H2,1-3H3,(H3,15,16,17). The van der Waals surface area contributed by atoms with Crippen molar-refractivity contribution in [2.75, 3.05) is 5.73 Å². The lowest BCUT2D eigenvalue weighted by molar-refractivity contribution is 0.865. The highest BCUT2D eigenvalue weighted by Crippen LogP contribution is 2.30. The van der Waals surface area contributed by atoms with Crippen molar-refractivity contribution in [3.8, 4) is 11.1 Å². The number of aromatic amines is 1. The number of aryl methyl sites for hydroxylation is 1. The number of benzene rings is 1. The maximum absolute atomic E-state index is 5.90. The van der Waals surface area contributed by atoms with Crippen LogP contribution in [0.25, 0.3) is 11.1 Å². The van der Waals surface area contributed by atoms with Gasteiger partial charge in [0.2, 0.25) is 0 Å². The third-order valence-electron chi connectivity index (χ3n) is 3.14. The maximum atomic E-state index is 5.90. The zero-order valence-electron chi connectivity index (χ0n) is 10.6. The van der Waals surface area contributed by atoms with Crippen LogP contribution in [0, 0.1) is 0 Å². The number of hydrogen-bond donors (Lipinski definition) is 2. The lowest BCUT2D eigenvalue weighted by Gasteiger charge is -2.12. The first-order valence-corrected chi connectivity index (χ1v) is 6.05. The summed E-state index contributed by atoms with van der Waals surface area (Å²) in [5.74, 6) is 1.16. The van der Waals surface area contributed by atoms with Crippen LogP contribution in [0.1, 0.15) is 37.8 Å². The highest BCUT2D eigenvalue weighted by molar-refractivity contribution is 5.76. The molecule has 0 aliphatic rings. The minimum Gasteiger partial charge on any atom is -0.384 e. The Hall–Kier alpha value is -1.77. The summed E-state index contributed by atoms with van der Waals surface area (Å²) in [5.41, 5.74) is 10.7. The molecule has 3 N–H and O–H groups in total. The Morgan fingerprint density at radius 3 is 2.59 bits per heavy atom. The van der Waals surface area contributed by atoms with E-state index < -0.39 is 0 Å². The van der Waals surface area contributed by atoms with Gasteiger partial charge >= 0.3 is 0 Å². The van der Waals surface area contributed by atoms with Crippen molar-refractivity contribution in [3.63, 3.8) is 0 Å². The molecule has 1 heterocycles. The molecule has 0 unspecified atom stereocenters. The second kappa shape index (κ2) is 4.62. The molecule has 0 saturated carbocycles. The molecule has 1 aromatic carbocycles. The van der Waals surface area contributed by atoms with Gasteiger partial charge in [0.05, 0.1) is 6.20 Å². The van der Waals surface area contributed by atoms with Crippen LogP contribution in [-0.4, -0.2) is 10.2 Å². The topological polar surface area (TPSA) is 54.7 Å². The Kier molecular flexibility index (Phi) is 3.18. The van der Waals surface area contributed by atoms with Crippen molar-refractivity contribution < 1.29 is 0 Å². The van der Waals surface area contributed by atoms with Crippen molar-refractivity contribution in [1.29, 1.82) is 0 Å². The van der Waals surface area contributed by atoms with E-state index in [9.17, 15) is 0 Å². The average Bonchev–Trinajstić information content (AvgIpc) is 2.74. The molecule has 0 amide bonds.